The largest absolute Gasteiger partial charge is 0.496 e. The number of fused-ring (bicyclic) bond motifs is 1. The van der Waals surface area contributed by atoms with Crippen molar-refractivity contribution in [2.45, 2.75) is 13.8 Å². The summed E-state index contributed by atoms with van der Waals surface area (Å²) in [5.74, 6) is 0.824. The highest BCUT2D eigenvalue weighted by Gasteiger charge is 2.14. The van der Waals surface area contributed by atoms with Crippen LogP contribution in [-0.2, 0) is 0 Å². The molecule has 0 N–H and O–H groups in total. The van der Waals surface area contributed by atoms with Crippen LogP contribution >= 0.6 is 11.6 Å². The maximum absolute atomic E-state index is 6.07. The summed E-state index contributed by atoms with van der Waals surface area (Å²) in [5, 5.41) is 0.658. The predicted octanol–water partition coefficient (Wildman–Crippen LogP) is 5.63. The first kappa shape index (κ1) is 15.5. The van der Waals surface area contributed by atoms with Crippen molar-refractivity contribution < 1.29 is 4.74 Å². The molecule has 0 aromatic heterocycles. The molecule has 23 heavy (non-hydrogen) atoms. The molecule has 0 aliphatic carbocycles. The Hall–Kier alpha value is -2.39. The third kappa shape index (κ3) is 3.20. The van der Waals surface area contributed by atoms with Crippen LogP contribution in [0.5, 0.6) is 5.75 Å². The highest BCUT2D eigenvalue weighted by atomic mass is 35.5. The number of para-hydroxylation sites is 1. The number of methoxy groups -OCH3 is 1. The highest BCUT2D eigenvalue weighted by Crippen LogP contribution is 2.35. The van der Waals surface area contributed by atoms with Crippen molar-refractivity contribution in [2.24, 2.45) is 9.98 Å². The second-order valence-corrected chi connectivity index (χ2v) is 5.76. The molecule has 2 aromatic carbocycles. The van der Waals surface area contributed by atoms with Gasteiger partial charge in [-0.2, -0.15) is 0 Å². The summed E-state index contributed by atoms with van der Waals surface area (Å²) in [6.45, 7) is 3.97. The third-order valence-corrected chi connectivity index (χ3v) is 3.97. The first-order valence-corrected chi connectivity index (χ1v) is 7.72. The maximum atomic E-state index is 6.07. The van der Waals surface area contributed by atoms with E-state index in [1.54, 1.807) is 7.11 Å². The van der Waals surface area contributed by atoms with Crippen LogP contribution in [0.15, 0.2) is 58.0 Å². The number of halogens is 1. The molecule has 0 amide bonds. The van der Waals surface area contributed by atoms with Crippen LogP contribution in [0, 0.1) is 0 Å². The quantitative estimate of drug-likeness (QED) is 0.704. The van der Waals surface area contributed by atoms with E-state index in [-0.39, 0.29) is 0 Å². The Morgan fingerprint density at radius 3 is 2.39 bits per heavy atom. The number of hydrogen-bond acceptors (Lipinski definition) is 3. The highest BCUT2D eigenvalue weighted by molar-refractivity contribution is 6.31. The average molecular weight is 325 g/mol. The van der Waals surface area contributed by atoms with E-state index < -0.39 is 0 Å². The van der Waals surface area contributed by atoms with E-state index in [4.69, 9.17) is 26.3 Å². The molecule has 1 aliphatic rings. The van der Waals surface area contributed by atoms with Crippen molar-refractivity contribution in [3.63, 3.8) is 0 Å². The number of benzene rings is 2. The Morgan fingerprint density at radius 1 is 0.957 bits per heavy atom. The number of nitrogens with zero attached hydrogens (tertiary/aromatic N) is 2. The van der Waals surface area contributed by atoms with Crippen molar-refractivity contribution in [1.29, 1.82) is 0 Å². The Balaban J connectivity index is 2.14. The zero-order valence-electron chi connectivity index (χ0n) is 13.3. The lowest BCUT2D eigenvalue weighted by molar-refractivity contribution is 0.414. The van der Waals surface area contributed by atoms with Crippen LogP contribution in [0.4, 0.5) is 11.4 Å². The minimum absolute atomic E-state index is 0.658. The van der Waals surface area contributed by atoms with Crippen molar-refractivity contribution in [3.8, 4) is 5.75 Å². The Morgan fingerprint density at radius 2 is 1.65 bits per heavy atom. The molecule has 0 spiro atoms. The standard InChI is InChI=1S/C19H17ClN2O/c1-12-16(10-14-6-4-5-7-19(14)23-3)13(2)22-18-11-15(20)8-9-17(18)21-12/h4-11H,1-3H3/b16-10+. The van der Waals surface area contributed by atoms with Gasteiger partial charge in [0.1, 0.15) is 5.75 Å². The van der Waals surface area contributed by atoms with Gasteiger partial charge in [-0.25, -0.2) is 0 Å². The minimum atomic E-state index is 0.658. The van der Waals surface area contributed by atoms with Gasteiger partial charge < -0.3 is 4.74 Å². The summed E-state index contributed by atoms with van der Waals surface area (Å²) in [5.41, 5.74) is 5.42. The molecular formula is C19H17ClN2O. The van der Waals surface area contributed by atoms with Gasteiger partial charge in [-0.05, 0) is 44.2 Å². The van der Waals surface area contributed by atoms with E-state index >= 15 is 0 Å². The molecule has 1 heterocycles. The Kier molecular flexibility index (Phi) is 4.30. The SMILES string of the molecule is COc1ccccc1/C=C1\C(C)=Nc2ccc(Cl)cc2N=C1C. The van der Waals surface area contributed by atoms with Crippen LogP contribution in [-0.4, -0.2) is 18.5 Å². The summed E-state index contributed by atoms with van der Waals surface area (Å²) in [6, 6.07) is 13.5. The van der Waals surface area contributed by atoms with E-state index in [9.17, 15) is 0 Å². The van der Waals surface area contributed by atoms with Crippen LogP contribution in [0.3, 0.4) is 0 Å². The lowest BCUT2D eigenvalue weighted by Crippen LogP contribution is -2.05. The molecule has 2 aromatic rings. The molecule has 4 heteroatoms. The summed E-state index contributed by atoms with van der Waals surface area (Å²) < 4.78 is 5.42. The zero-order valence-corrected chi connectivity index (χ0v) is 14.1. The normalized spacial score (nSPS) is 15.6. The van der Waals surface area contributed by atoms with E-state index in [1.807, 2.05) is 56.3 Å². The summed E-state index contributed by atoms with van der Waals surface area (Å²) >= 11 is 6.07. The zero-order chi connectivity index (χ0) is 16.4. The Labute approximate surface area is 141 Å². The maximum Gasteiger partial charge on any atom is 0.126 e. The minimum Gasteiger partial charge on any atom is -0.496 e. The van der Waals surface area contributed by atoms with Crippen LogP contribution in [0.1, 0.15) is 19.4 Å². The number of rotatable bonds is 2. The van der Waals surface area contributed by atoms with Crippen molar-refractivity contribution in [3.05, 3.63) is 58.6 Å². The molecule has 1 aliphatic heterocycles. The summed E-state index contributed by atoms with van der Waals surface area (Å²) in [7, 11) is 1.67. The molecule has 0 fully saturated rings. The molecule has 0 saturated heterocycles. The van der Waals surface area contributed by atoms with Gasteiger partial charge in [-0.15, -0.1) is 0 Å². The summed E-state index contributed by atoms with van der Waals surface area (Å²) in [4.78, 5) is 9.39. The van der Waals surface area contributed by atoms with E-state index in [1.165, 1.54) is 0 Å². The fourth-order valence-corrected chi connectivity index (χ4v) is 2.74. The topological polar surface area (TPSA) is 34.0 Å². The van der Waals surface area contributed by atoms with Crippen LogP contribution in [0.25, 0.3) is 6.08 Å². The lowest BCUT2D eigenvalue weighted by Gasteiger charge is -2.08. The predicted molar refractivity (Wildman–Crippen MR) is 98.0 cm³/mol. The van der Waals surface area contributed by atoms with E-state index in [0.717, 1.165) is 39.7 Å². The molecule has 3 rings (SSSR count). The van der Waals surface area contributed by atoms with Gasteiger partial charge in [-0.3, -0.25) is 9.98 Å². The second-order valence-electron chi connectivity index (χ2n) is 5.33. The number of allylic oxidation sites excluding steroid dienone is 1. The number of aliphatic imine (C=N–C) groups is 2. The fourth-order valence-electron chi connectivity index (χ4n) is 2.57. The van der Waals surface area contributed by atoms with Crippen molar-refractivity contribution in [1.82, 2.24) is 0 Å². The van der Waals surface area contributed by atoms with E-state index in [2.05, 4.69) is 6.08 Å². The smallest absolute Gasteiger partial charge is 0.126 e. The lowest BCUT2D eigenvalue weighted by atomic mass is 10.0. The molecular weight excluding hydrogens is 308 g/mol. The first-order valence-electron chi connectivity index (χ1n) is 7.34. The van der Waals surface area contributed by atoms with Gasteiger partial charge in [0.05, 0.1) is 18.5 Å². The second kappa shape index (κ2) is 6.39. The molecule has 0 unspecified atom stereocenters. The number of hydrogen-bond donors (Lipinski definition) is 0. The van der Waals surface area contributed by atoms with Gasteiger partial charge >= 0.3 is 0 Å². The molecule has 116 valence electrons. The number of ether oxygens (including phenoxy) is 1. The summed E-state index contributed by atoms with van der Waals surface area (Å²) in [6.07, 6.45) is 2.06. The monoisotopic (exact) mass is 324 g/mol. The fraction of sp³-hybridized carbons (Fsp3) is 0.158. The molecule has 0 radical (unpaired) electrons. The molecule has 0 bridgehead atoms. The molecule has 3 nitrogen and oxygen atoms in total. The molecule has 0 saturated carbocycles. The van der Waals surface area contributed by atoms with Crippen molar-refractivity contribution >= 4 is 40.5 Å². The van der Waals surface area contributed by atoms with Crippen LogP contribution in [0.2, 0.25) is 5.02 Å². The van der Waals surface area contributed by atoms with Gasteiger partial charge in [0.2, 0.25) is 0 Å². The first-order chi connectivity index (χ1) is 11.1. The van der Waals surface area contributed by atoms with Crippen molar-refractivity contribution in [2.75, 3.05) is 7.11 Å². The third-order valence-electron chi connectivity index (χ3n) is 3.73. The average Bonchev–Trinajstić information content (AvgIpc) is 2.65. The van der Waals surface area contributed by atoms with Gasteiger partial charge in [0, 0.05) is 27.6 Å². The van der Waals surface area contributed by atoms with Crippen LogP contribution < -0.4 is 4.74 Å². The molecule has 0 atom stereocenters. The van der Waals surface area contributed by atoms with Gasteiger partial charge in [0.25, 0.3) is 0 Å². The van der Waals surface area contributed by atoms with Gasteiger partial charge in [-0.1, -0.05) is 29.8 Å². The van der Waals surface area contributed by atoms with Gasteiger partial charge in [0.15, 0.2) is 0 Å². The van der Waals surface area contributed by atoms with E-state index in [0.29, 0.717) is 5.02 Å². The Bertz CT molecular complexity index is 850.